The second-order valence-corrected chi connectivity index (χ2v) is 5.63. The van der Waals surface area contributed by atoms with Gasteiger partial charge >= 0.3 is 5.97 Å². The molecule has 0 unspecified atom stereocenters. The molecule has 0 aliphatic carbocycles. The van der Waals surface area contributed by atoms with Gasteiger partial charge in [-0.05, 0) is 11.1 Å². The molecule has 1 aliphatic rings. The van der Waals surface area contributed by atoms with Gasteiger partial charge in [0.05, 0.1) is 6.61 Å². The van der Waals surface area contributed by atoms with Crippen molar-refractivity contribution in [1.82, 2.24) is 4.90 Å². The highest BCUT2D eigenvalue weighted by Gasteiger charge is 2.35. The number of ether oxygens (including phenoxy) is 2. The van der Waals surface area contributed by atoms with Gasteiger partial charge in [0.15, 0.2) is 6.04 Å². The lowest BCUT2D eigenvalue weighted by Crippen LogP contribution is -2.53. The number of carbonyl (C=O) groups excluding carboxylic acids is 2. The van der Waals surface area contributed by atoms with Gasteiger partial charge in [-0.25, -0.2) is 4.79 Å². The van der Waals surface area contributed by atoms with Crippen LogP contribution in [-0.4, -0.2) is 36.0 Å². The Bertz CT molecular complexity index is 687. The lowest BCUT2D eigenvalue weighted by molar-refractivity contribution is -0.168. The highest BCUT2D eigenvalue weighted by Crippen LogP contribution is 2.15. The first-order valence-corrected chi connectivity index (χ1v) is 7.86. The number of hydrogen-bond donors (Lipinski definition) is 0. The highest BCUT2D eigenvalue weighted by molar-refractivity contribution is 5.86. The maximum absolute atomic E-state index is 12.4. The summed E-state index contributed by atoms with van der Waals surface area (Å²) < 4.78 is 10.6. The Kier molecular flexibility index (Phi) is 5.23. The number of nitrogens with zero attached hydrogens (tertiary/aromatic N) is 1. The molecule has 0 saturated carbocycles. The molecule has 0 spiro atoms. The largest absolute Gasteiger partial charge is 0.459 e. The fraction of sp³-hybridized carbons (Fsp3) is 0.263. The van der Waals surface area contributed by atoms with E-state index in [4.69, 9.17) is 9.47 Å². The molecule has 2 aromatic carbocycles. The van der Waals surface area contributed by atoms with Gasteiger partial charge in [0.1, 0.15) is 13.2 Å². The summed E-state index contributed by atoms with van der Waals surface area (Å²) in [6, 6.07) is 18.3. The molecule has 1 amide bonds. The van der Waals surface area contributed by atoms with E-state index < -0.39 is 12.0 Å². The van der Waals surface area contributed by atoms with Gasteiger partial charge in [-0.3, -0.25) is 4.79 Å². The summed E-state index contributed by atoms with van der Waals surface area (Å²) in [4.78, 5) is 26.1. The first kappa shape index (κ1) is 16.2. The molecule has 0 radical (unpaired) electrons. The number of morpholine rings is 1. The lowest BCUT2D eigenvalue weighted by Gasteiger charge is -2.33. The smallest absolute Gasteiger partial charge is 0.331 e. The molecule has 1 fully saturated rings. The molecule has 1 heterocycles. The molecule has 5 nitrogen and oxygen atoms in total. The van der Waals surface area contributed by atoms with Crippen molar-refractivity contribution in [2.24, 2.45) is 0 Å². The van der Waals surface area contributed by atoms with E-state index >= 15 is 0 Å². The zero-order valence-corrected chi connectivity index (χ0v) is 13.3. The van der Waals surface area contributed by atoms with Crippen molar-refractivity contribution in [2.45, 2.75) is 19.2 Å². The van der Waals surface area contributed by atoms with Crippen LogP contribution in [0.5, 0.6) is 0 Å². The lowest BCUT2D eigenvalue weighted by atomic mass is 10.1. The van der Waals surface area contributed by atoms with Gasteiger partial charge in [-0.15, -0.1) is 0 Å². The number of amides is 1. The Labute approximate surface area is 140 Å². The number of carbonyl (C=O) groups is 2. The van der Waals surface area contributed by atoms with E-state index in [0.717, 1.165) is 11.1 Å². The third-order valence-corrected chi connectivity index (χ3v) is 3.89. The van der Waals surface area contributed by atoms with Crippen molar-refractivity contribution >= 4 is 11.9 Å². The van der Waals surface area contributed by atoms with E-state index in [1.165, 1.54) is 4.90 Å². The molecule has 1 atom stereocenters. The summed E-state index contributed by atoms with van der Waals surface area (Å²) >= 11 is 0. The Morgan fingerprint density at radius 3 is 2.33 bits per heavy atom. The van der Waals surface area contributed by atoms with Crippen LogP contribution in [0.4, 0.5) is 0 Å². The zero-order valence-electron chi connectivity index (χ0n) is 13.3. The van der Waals surface area contributed by atoms with E-state index in [2.05, 4.69) is 0 Å². The van der Waals surface area contributed by atoms with Crippen LogP contribution in [0.25, 0.3) is 0 Å². The molecule has 1 aliphatic heterocycles. The molecule has 0 aromatic heterocycles. The summed E-state index contributed by atoms with van der Waals surface area (Å²) in [5.41, 5.74) is 1.87. The average molecular weight is 325 g/mol. The van der Waals surface area contributed by atoms with Crippen LogP contribution in [0.1, 0.15) is 11.1 Å². The number of esters is 1. The van der Waals surface area contributed by atoms with Gasteiger partial charge in [-0.1, -0.05) is 60.7 Å². The van der Waals surface area contributed by atoms with Crippen LogP contribution in [0.2, 0.25) is 0 Å². The molecular weight excluding hydrogens is 306 g/mol. The van der Waals surface area contributed by atoms with Crippen LogP contribution in [0, 0.1) is 0 Å². The second kappa shape index (κ2) is 7.75. The predicted octanol–water partition coefficient (Wildman–Crippen LogP) is 2.16. The minimum absolute atomic E-state index is 0.00466. The minimum Gasteiger partial charge on any atom is -0.459 e. The molecule has 0 N–H and O–H groups in total. The van der Waals surface area contributed by atoms with Gasteiger partial charge < -0.3 is 14.4 Å². The van der Waals surface area contributed by atoms with Crippen LogP contribution in [0.3, 0.4) is 0 Å². The summed E-state index contributed by atoms with van der Waals surface area (Å²) in [5.74, 6) is -0.644. The molecule has 5 heteroatoms. The van der Waals surface area contributed by atoms with E-state index in [0.29, 0.717) is 6.54 Å². The van der Waals surface area contributed by atoms with E-state index in [1.54, 1.807) is 0 Å². The standard InChI is InChI=1S/C19H19NO4/c21-18-14-23-13-17(20(18)11-15-7-3-1-4-8-15)19(22)24-12-16-9-5-2-6-10-16/h1-10,17H,11-14H2/t17-/m0/s1. The third-order valence-electron chi connectivity index (χ3n) is 3.89. The van der Waals surface area contributed by atoms with Crippen molar-refractivity contribution in [2.75, 3.05) is 13.2 Å². The molecule has 3 rings (SSSR count). The Hall–Kier alpha value is -2.66. The first-order chi connectivity index (χ1) is 11.7. The maximum atomic E-state index is 12.4. The monoisotopic (exact) mass is 325 g/mol. The Morgan fingerprint density at radius 2 is 1.67 bits per heavy atom. The topological polar surface area (TPSA) is 55.8 Å². The van der Waals surface area contributed by atoms with Crippen LogP contribution in [0.15, 0.2) is 60.7 Å². The Balaban J connectivity index is 1.66. The van der Waals surface area contributed by atoms with E-state index in [-0.39, 0.29) is 25.7 Å². The van der Waals surface area contributed by atoms with Gasteiger partial charge in [0, 0.05) is 6.54 Å². The zero-order chi connectivity index (χ0) is 16.8. The summed E-state index contributed by atoms with van der Waals surface area (Å²) in [6.45, 7) is 0.708. The predicted molar refractivity (Wildman–Crippen MR) is 87.8 cm³/mol. The van der Waals surface area contributed by atoms with Crippen LogP contribution >= 0.6 is 0 Å². The molecule has 124 valence electrons. The number of benzene rings is 2. The van der Waals surface area contributed by atoms with Crippen molar-refractivity contribution in [3.8, 4) is 0 Å². The van der Waals surface area contributed by atoms with Crippen molar-refractivity contribution < 1.29 is 19.1 Å². The second-order valence-electron chi connectivity index (χ2n) is 5.63. The normalized spacial score (nSPS) is 17.6. The summed E-state index contributed by atoms with van der Waals surface area (Å²) in [6.07, 6.45) is 0. The maximum Gasteiger partial charge on any atom is 0.331 e. The Morgan fingerprint density at radius 1 is 1.04 bits per heavy atom. The average Bonchev–Trinajstić information content (AvgIpc) is 2.63. The molecule has 1 saturated heterocycles. The van der Waals surface area contributed by atoms with E-state index in [1.807, 2.05) is 60.7 Å². The molecular formula is C19H19NO4. The van der Waals surface area contributed by atoms with Crippen LogP contribution < -0.4 is 0 Å². The third kappa shape index (κ3) is 4.00. The molecule has 0 bridgehead atoms. The van der Waals surface area contributed by atoms with E-state index in [9.17, 15) is 9.59 Å². The van der Waals surface area contributed by atoms with Gasteiger partial charge in [0.2, 0.25) is 5.91 Å². The summed E-state index contributed by atoms with van der Waals surface area (Å²) in [5, 5.41) is 0. The van der Waals surface area contributed by atoms with Crippen molar-refractivity contribution in [3.63, 3.8) is 0 Å². The van der Waals surface area contributed by atoms with Gasteiger partial charge in [0.25, 0.3) is 0 Å². The summed E-state index contributed by atoms with van der Waals surface area (Å²) in [7, 11) is 0. The molecule has 24 heavy (non-hydrogen) atoms. The number of hydrogen-bond acceptors (Lipinski definition) is 4. The van der Waals surface area contributed by atoms with Gasteiger partial charge in [-0.2, -0.15) is 0 Å². The highest BCUT2D eigenvalue weighted by atomic mass is 16.5. The van der Waals surface area contributed by atoms with Crippen molar-refractivity contribution in [1.29, 1.82) is 0 Å². The molecule has 2 aromatic rings. The number of rotatable bonds is 5. The fourth-order valence-electron chi connectivity index (χ4n) is 2.60. The van der Waals surface area contributed by atoms with Crippen molar-refractivity contribution in [3.05, 3.63) is 71.8 Å². The minimum atomic E-state index is -0.713. The first-order valence-electron chi connectivity index (χ1n) is 7.86. The quantitative estimate of drug-likeness (QED) is 0.791. The SMILES string of the molecule is O=C(OCc1ccccc1)[C@@H]1COCC(=O)N1Cc1ccccc1. The van der Waals surface area contributed by atoms with Crippen LogP contribution in [-0.2, 0) is 32.2 Å². The fourth-order valence-corrected chi connectivity index (χ4v) is 2.60.